The number of piperidine rings is 1. The third-order valence-electron chi connectivity index (χ3n) is 6.08. The van der Waals surface area contributed by atoms with Crippen molar-refractivity contribution in [2.45, 2.75) is 12.8 Å². The van der Waals surface area contributed by atoms with Gasteiger partial charge in [-0.25, -0.2) is 8.78 Å². The third kappa shape index (κ3) is 4.62. The summed E-state index contributed by atoms with van der Waals surface area (Å²) in [6.45, 7) is 3.33. The average Bonchev–Trinajstić information content (AvgIpc) is 2.78. The smallest absolute Gasteiger partial charge is 0.256 e. The highest BCUT2D eigenvalue weighted by molar-refractivity contribution is 5.94. The van der Waals surface area contributed by atoms with Crippen molar-refractivity contribution < 1.29 is 23.5 Å². The predicted molar refractivity (Wildman–Crippen MR) is 112 cm³/mol. The molecule has 0 aliphatic carbocycles. The zero-order chi connectivity index (χ0) is 22.0. The van der Waals surface area contributed by atoms with E-state index in [-0.39, 0.29) is 23.1 Å². The molecule has 2 fully saturated rings. The Morgan fingerprint density at radius 1 is 0.871 bits per heavy atom. The van der Waals surface area contributed by atoms with Gasteiger partial charge in [0.2, 0.25) is 5.91 Å². The lowest BCUT2D eigenvalue weighted by molar-refractivity contribution is -0.137. The molecule has 2 aliphatic heterocycles. The van der Waals surface area contributed by atoms with Crippen LogP contribution in [-0.4, -0.2) is 66.0 Å². The van der Waals surface area contributed by atoms with Gasteiger partial charge in [0.1, 0.15) is 17.4 Å². The minimum atomic E-state index is -0.868. The molecule has 2 aliphatic rings. The monoisotopic (exact) mass is 429 g/mol. The molecule has 4 rings (SSSR count). The number of amides is 2. The van der Waals surface area contributed by atoms with Crippen LogP contribution in [0.1, 0.15) is 23.2 Å². The molecule has 0 unspecified atom stereocenters. The van der Waals surface area contributed by atoms with E-state index in [4.69, 9.17) is 0 Å². The van der Waals surface area contributed by atoms with E-state index in [1.165, 1.54) is 4.90 Å². The first-order valence-electron chi connectivity index (χ1n) is 10.5. The number of carbonyl (C=O) groups is 2. The molecule has 2 aromatic rings. The molecule has 2 amide bonds. The second-order valence-corrected chi connectivity index (χ2v) is 8.02. The van der Waals surface area contributed by atoms with Crippen LogP contribution in [0.25, 0.3) is 0 Å². The van der Waals surface area contributed by atoms with Crippen molar-refractivity contribution in [2.24, 2.45) is 5.92 Å². The van der Waals surface area contributed by atoms with Gasteiger partial charge < -0.3 is 19.8 Å². The van der Waals surface area contributed by atoms with E-state index in [0.29, 0.717) is 58.2 Å². The molecular weight excluding hydrogens is 404 g/mol. The minimum Gasteiger partial charge on any atom is -0.508 e. The van der Waals surface area contributed by atoms with Crippen LogP contribution >= 0.6 is 0 Å². The Bertz CT molecular complexity index is 968. The molecule has 6 nitrogen and oxygen atoms in total. The number of hydrogen-bond acceptors (Lipinski definition) is 4. The van der Waals surface area contributed by atoms with Crippen molar-refractivity contribution in [3.63, 3.8) is 0 Å². The summed E-state index contributed by atoms with van der Waals surface area (Å²) >= 11 is 0. The first-order chi connectivity index (χ1) is 14.9. The van der Waals surface area contributed by atoms with E-state index >= 15 is 0 Å². The highest BCUT2D eigenvalue weighted by Crippen LogP contribution is 2.25. The van der Waals surface area contributed by atoms with Crippen LogP contribution in [0.15, 0.2) is 42.5 Å². The standard InChI is InChI=1S/C23H25F2N3O3/c24-17-4-5-20(21(25)14-17)23(31)27-8-6-16(7-9-27)22(30)28-12-10-26(11-13-28)18-2-1-3-19(29)15-18/h1-5,14-16,29H,6-13H2. The Kier molecular flexibility index (Phi) is 6.06. The van der Waals surface area contributed by atoms with Crippen LogP contribution in [0.5, 0.6) is 5.75 Å². The largest absolute Gasteiger partial charge is 0.508 e. The fourth-order valence-corrected chi connectivity index (χ4v) is 4.30. The van der Waals surface area contributed by atoms with Gasteiger partial charge in [-0.3, -0.25) is 9.59 Å². The molecule has 1 N–H and O–H groups in total. The van der Waals surface area contributed by atoms with Gasteiger partial charge in [-0.2, -0.15) is 0 Å². The van der Waals surface area contributed by atoms with E-state index in [2.05, 4.69) is 4.90 Å². The second-order valence-electron chi connectivity index (χ2n) is 8.02. The Balaban J connectivity index is 1.29. The maximum atomic E-state index is 13.9. The summed E-state index contributed by atoms with van der Waals surface area (Å²) in [4.78, 5) is 31.0. The molecule has 2 saturated heterocycles. The van der Waals surface area contributed by atoms with E-state index in [9.17, 15) is 23.5 Å². The number of aromatic hydroxyl groups is 1. The number of halogens is 2. The molecule has 2 aromatic carbocycles. The van der Waals surface area contributed by atoms with Crippen molar-refractivity contribution in [1.82, 2.24) is 9.80 Å². The molecule has 2 heterocycles. The molecule has 0 saturated carbocycles. The van der Waals surface area contributed by atoms with E-state index in [1.54, 1.807) is 18.2 Å². The number of rotatable bonds is 3. The quantitative estimate of drug-likeness (QED) is 0.815. The first kappa shape index (κ1) is 21.1. The van der Waals surface area contributed by atoms with Gasteiger partial charge in [0.25, 0.3) is 5.91 Å². The predicted octanol–water partition coefficient (Wildman–Crippen LogP) is 2.87. The molecule has 31 heavy (non-hydrogen) atoms. The lowest BCUT2D eigenvalue weighted by Gasteiger charge is -2.39. The van der Waals surface area contributed by atoms with Gasteiger partial charge in [-0.05, 0) is 37.1 Å². The van der Waals surface area contributed by atoms with Gasteiger partial charge in [-0.15, -0.1) is 0 Å². The van der Waals surface area contributed by atoms with Gasteiger partial charge in [0.05, 0.1) is 5.56 Å². The molecule has 0 bridgehead atoms. The lowest BCUT2D eigenvalue weighted by Crippen LogP contribution is -2.52. The van der Waals surface area contributed by atoms with E-state index < -0.39 is 17.5 Å². The summed E-state index contributed by atoms with van der Waals surface area (Å²) in [7, 11) is 0. The van der Waals surface area contributed by atoms with Crippen molar-refractivity contribution in [3.8, 4) is 5.75 Å². The van der Waals surface area contributed by atoms with E-state index in [1.807, 2.05) is 11.0 Å². The van der Waals surface area contributed by atoms with Crippen LogP contribution in [0.2, 0.25) is 0 Å². The van der Waals surface area contributed by atoms with Crippen molar-refractivity contribution >= 4 is 17.5 Å². The molecule has 0 atom stereocenters. The topological polar surface area (TPSA) is 64.1 Å². The lowest BCUT2D eigenvalue weighted by atomic mass is 9.94. The Hall–Kier alpha value is -3.16. The van der Waals surface area contributed by atoms with Crippen molar-refractivity contribution in [3.05, 3.63) is 59.7 Å². The molecule has 0 spiro atoms. The maximum absolute atomic E-state index is 13.9. The number of carbonyl (C=O) groups excluding carboxylic acids is 2. The number of benzene rings is 2. The molecule has 0 aromatic heterocycles. The molecule has 0 radical (unpaired) electrons. The summed E-state index contributed by atoms with van der Waals surface area (Å²) in [6.07, 6.45) is 1.06. The Morgan fingerprint density at radius 2 is 1.58 bits per heavy atom. The third-order valence-corrected chi connectivity index (χ3v) is 6.08. The first-order valence-corrected chi connectivity index (χ1v) is 10.5. The Morgan fingerprint density at radius 3 is 2.23 bits per heavy atom. The number of anilines is 1. The van der Waals surface area contributed by atoms with Crippen LogP contribution in [0.3, 0.4) is 0 Å². The molecular formula is C23H25F2N3O3. The zero-order valence-electron chi connectivity index (χ0n) is 17.1. The number of piperazine rings is 1. The van der Waals surface area contributed by atoms with Gasteiger partial charge >= 0.3 is 0 Å². The SMILES string of the molecule is O=C(c1ccc(F)cc1F)N1CCC(C(=O)N2CCN(c3cccc(O)c3)CC2)CC1. The summed E-state index contributed by atoms with van der Waals surface area (Å²) in [5.74, 6) is -1.90. The fraction of sp³-hybridized carbons (Fsp3) is 0.391. The average molecular weight is 429 g/mol. The zero-order valence-corrected chi connectivity index (χ0v) is 17.1. The number of nitrogens with zero attached hydrogens (tertiary/aromatic N) is 3. The van der Waals surface area contributed by atoms with Gasteiger partial charge in [0, 0.05) is 63.0 Å². The summed E-state index contributed by atoms with van der Waals surface area (Å²) in [5, 5.41) is 9.66. The minimum absolute atomic E-state index is 0.0932. The highest BCUT2D eigenvalue weighted by atomic mass is 19.1. The fourth-order valence-electron chi connectivity index (χ4n) is 4.30. The number of phenolic OH excluding ortho intramolecular Hbond substituents is 1. The van der Waals surface area contributed by atoms with Gasteiger partial charge in [0.15, 0.2) is 0 Å². The number of hydrogen-bond donors (Lipinski definition) is 1. The molecule has 8 heteroatoms. The van der Waals surface area contributed by atoms with Crippen molar-refractivity contribution in [2.75, 3.05) is 44.2 Å². The number of phenols is 1. The Labute approximate surface area is 179 Å². The molecule has 164 valence electrons. The maximum Gasteiger partial charge on any atom is 0.256 e. The van der Waals surface area contributed by atoms with Gasteiger partial charge in [-0.1, -0.05) is 6.07 Å². The van der Waals surface area contributed by atoms with Crippen molar-refractivity contribution in [1.29, 1.82) is 0 Å². The van der Waals surface area contributed by atoms with Crippen LogP contribution in [0, 0.1) is 17.6 Å². The van der Waals surface area contributed by atoms with E-state index in [0.717, 1.165) is 17.8 Å². The summed E-state index contributed by atoms with van der Waals surface area (Å²) < 4.78 is 27.0. The van der Waals surface area contributed by atoms with Crippen LogP contribution < -0.4 is 4.90 Å². The van der Waals surface area contributed by atoms with Crippen LogP contribution in [0.4, 0.5) is 14.5 Å². The van der Waals surface area contributed by atoms with Crippen LogP contribution in [-0.2, 0) is 4.79 Å². The normalized spacial score (nSPS) is 17.7. The highest BCUT2D eigenvalue weighted by Gasteiger charge is 2.32. The second kappa shape index (κ2) is 8.91. The summed E-state index contributed by atoms with van der Waals surface area (Å²) in [5.41, 5.74) is 0.793. The summed E-state index contributed by atoms with van der Waals surface area (Å²) in [6, 6.07) is 10.0. The number of likely N-dealkylation sites (tertiary alicyclic amines) is 1.